The van der Waals surface area contributed by atoms with Crippen LogP contribution >= 0.6 is 11.6 Å². The van der Waals surface area contributed by atoms with Gasteiger partial charge >= 0.3 is 5.97 Å². The number of nitrogens with one attached hydrogen (secondary N) is 3. The van der Waals surface area contributed by atoms with Crippen LogP contribution in [0.25, 0.3) is 0 Å². The Balaban J connectivity index is 2.30. The molecule has 0 saturated heterocycles. The molecule has 0 aliphatic heterocycles. The summed E-state index contributed by atoms with van der Waals surface area (Å²) in [5.74, 6) is -2.19. The van der Waals surface area contributed by atoms with E-state index in [-0.39, 0.29) is 12.5 Å². The van der Waals surface area contributed by atoms with Crippen LogP contribution in [-0.2, 0) is 19.1 Å². The molecule has 3 amide bonds. The fourth-order valence-corrected chi connectivity index (χ4v) is 1.85. The number of amides is 3. The molecule has 1 atom stereocenters. The SMILES string of the molecule is CCNC(=O)[C@H](C)NC(=O)COC(=O)CNC(=O)c1ccc(Cl)cc1. The number of hydrogen-bond donors (Lipinski definition) is 3. The number of hydrogen-bond acceptors (Lipinski definition) is 5. The van der Waals surface area contributed by atoms with Crippen LogP contribution in [0.3, 0.4) is 0 Å². The van der Waals surface area contributed by atoms with Gasteiger partial charge in [0.05, 0.1) is 0 Å². The molecule has 25 heavy (non-hydrogen) atoms. The second-order valence-corrected chi connectivity index (χ2v) is 5.47. The van der Waals surface area contributed by atoms with Crippen molar-refractivity contribution in [3.63, 3.8) is 0 Å². The minimum absolute atomic E-state index is 0.336. The average Bonchev–Trinajstić information content (AvgIpc) is 2.58. The lowest BCUT2D eigenvalue weighted by Crippen LogP contribution is -2.46. The Morgan fingerprint density at radius 3 is 2.36 bits per heavy atom. The summed E-state index contributed by atoms with van der Waals surface area (Å²) in [7, 11) is 0. The quantitative estimate of drug-likeness (QED) is 0.568. The highest BCUT2D eigenvalue weighted by atomic mass is 35.5. The molecule has 0 radical (unpaired) electrons. The summed E-state index contributed by atoms with van der Waals surface area (Å²) in [6.45, 7) is 2.78. The minimum atomic E-state index is -0.775. The van der Waals surface area contributed by atoms with Gasteiger partial charge in [-0.05, 0) is 38.1 Å². The van der Waals surface area contributed by atoms with Gasteiger partial charge in [0.15, 0.2) is 6.61 Å². The molecule has 0 bridgehead atoms. The highest BCUT2D eigenvalue weighted by molar-refractivity contribution is 6.30. The van der Waals surface area contributed by atoms with Crippen molar-refractivity contribution in [2.24, 2.45) is 0 Å². The Morgan fingerprint density at radius 1 is 1.12 bits per heavy atom. The van der Waals surface area contributed by atoms with E-state index >= 15 is 0 Å². The van der Waals surface area contributed by atoms with E-state index in [0.717, 1.165) is 0 Å². The average molecular weight is 370 g/mol. The molecular formula is C16H20ClN3O5. The lowest BCUT2D eigenvalue weighted by atomic mass is 10.2. The molecule has 1 aromatic rings. The number of benzene rings is 1. The Labute approximate surface area is 150 Å². The van der Waals surface area contributed by atoms with Crippen LogP contribution in [0.1, 0.15) is 24.2 Å². The van der Waals surface area contributed by atoms with Gasteiger partial charge in [-0.3, -0.25) is 19.2 Å². The predicted molar refractivity (Wildman–Crippen MR) is 91.0 cm³/mol. The van der Waals surface area contributed by atoms with E-state index < -0.39 is 30.4 Å². The minimum Gasteiger partial charge on any atom is -0.454 e. The smallest absolute Gasteiger partial charge is 0.325 e. The van der Waals surface area contributed by atoms with Gasteiger partial charge in [0.25, 0.3) is 11.8 Å². The summed E-state index contributed by atoms with van der Waals surface area (Å²) < 4.78 is 4.73. The molecule has 0 saturated carbocycles. The van der Waals surface area contributed by atoms with Crippen molar-refractivity contribution < 1.29 is 23.9 Å². The van der Waals surface area contributed by atoms with E-state index in [0.29, 0.717) is 17.1 Å². The van der Waals surface area contributed by atoms with Crippen LogP contribution in [0.2, 0.25) is 5.02 Å². The third-order valence-electron chi connectivity index (χ3n) is 2.99. The monoisotopic (exact) mass is 369 g/mol. The van der Waals surface area contributed by atoms with Gasteiger partial charge in [-0.1, -0.05) is 11.6 Å². The number of carbonyl (C=O) groups is 4. The number of likely N-dealkylation sites (N-methyl/N-ethyl adjacent to an activating group) is 1. The van der Waals surface area contributed by atoms with Gasteiger partial charge in [0.2, 0.25) is 5.91 Å². The van der Waals surface area contributed by atoms with Crippen molar-refractivity contribution in [2.45, 2.75) is 19.9 Å². The largest absolute Gasteiger partial charge is 0.454 e. The molecule has 1 rings (SSSR count). The molecule has 136 valence electrons. The molecule has 0 aliphatic rings. The van der Waals surface area contributed by atoms with E-state index in [4.69, 9.17) is 16.3 Å². The van der Waals surface area contributed by atoms with Crippen molar-refractivity contribution in [1.82, 2.24) is 16.0 Å². The topological polar surface area (TPSA) is 114 Å². The fourth-order valence-electron chi connectivity index (χ4n) is 1.73. The number of halogens is 1. The van der Waals surface area contributed by atoms with Crippen molar-refractivity contribution in [3.8, 4) is 0 Å². The first-order valence-electron chi connectivity index (χ1n) is 7.60. The maximum atomic E-state index is 11.8. The lowest BCUT2D eigenvalue weighted by Gasteiger charge is -2.13. The molecule has 8 nitrogen and oxygen atoms in total. The van der Waals surface area contributed by atoms with Crippen molar-refractivity contribution in [2.75, 3.05) is 19.7 Å². The first-order valence-corrected chi connectivity index (χ1v) is 7.97. The molecule has 3 N–H and O–H groups in total. The van der Waals surface area contributed by atoms with Crippen LogP contribution in [0, 0.1) is 0 Å². The number of rotatable bonds is 8. The van der Waals surface area contributed by atoms with Crippen LogP contribution < -0.4 is 16.0 Å². The molecule has 9 heteroatoms. The summed E-state index contributed by atoms with van der Waals surface area (Å²) in [6.07, 6.45) is 0. The van der Waals surface area contributed by atoms with Crippen molar-refractivity contribution >= 4 is 35.3 Å². The van der Waals surface area contributed by atoms with E-state index in [9.17, 15) is 19.2 Å². The Morgan fingerprint density at radius 2 is 1.76 bits per heavy atom. The van der Waals surface area contributed by atoms with Crippen LogP contribution in [0.15, 0.2) is 24.3 Å². The molecule has 0 heterocycles. The fraction of sp³-hybridized carbons (Fsp3) is 0.375. The molecule has 0 aliphatic carbocycles. The Kier molecular flexibility index (Phi) is 8.42. The molecule has 1 aromatic carbocycles. The first kappa shape index (κ1) is 20.4. The standard InChI is InChI=1S/C16H20ClN3O5/c1-3-18-15(23)10(2)20-13(21)9-25-14(22)8-19-16(24)11-4-6-12(17)7-5-11/h4-7,10H,3,8-9H2,1-2H3,(H,18,23)(H,19,24)(H,20,21)/t10-/m0/s1. The van der Waals surface area contributed by atoms with Gasteiger partial charge in [-0.2, -0.15) is 0 Å². The lowest BCUT2D eigenvalue weighted by molar-refractivity contribution is -0.147. The number of esters is 1. The Hall–Kier alpha value is -2.61. The highest BCUT2D eigenvalue weighted by Gasteiger charge is 2.16. The maximum Gasteiger partial charge on any atom is 0.325 e. The van der Waals surface area contributed by atoms with Crippen LogP contribution in [0.4, 0.5) is 0 Å². The molecule has 0 unspecified atom stereocenters. The Bertz CT molecular complexity index is 633. The van der Waals surface area contributed by atoms with E-state index in [1.165, 1.54) is 19.1 Å². The first-order chi connectivity index (χ1) is 11.8. The zero-order valence-electron chi connectivity index (χ0n) is 13.9. The van der Waals surface area contributed by atoms with Gasteiger partial charge in [-0.15, -0.1) is 0 Å². The van der Waals surface area contributed by atoms with Crippen LogP contribution in [0.5, 0.6) is 0 Å². The maximum absolute atomic E-state index is 11.8. The summed E-state index contributed by atoms with van der Waals surface area (Å²) in [6, 6.07) is 5.39. The van der Waals surface area contributed by atoms with E-state index in [1.54, 1.807) is 19.1 Å². The normalized spacial score (nSPS) is 11.2. The zero-order valence-corrected chi connectivity index (χ0v) is 14.7. The van der Waals surface area contributed by atoms with Gasteiger partial charge in [0, 0.05) is 17.1 Å². The summed E-state index contributed by atoms with van der Waals surface area (Å²) in [5, 5.41) is 7.79. The van der Waals surface area contributed by atoms with Gasteiger partial charge in [0.1, 0.15) is 12.6 Å². The van der Waals surface area contributed by atoms with E-state index in [2.05, 4.69) is 16.0 Å². The number of carbonyl (C=O) groups excluding carboxylic acids is 4. The van der Waals surface area contributed by atoms with Crippen molar-refractivity contribution in [3.05, 3.63) is 34.9 Å². The molecule has 0 fully saturated rings. The van der Waals surface area contributed by atoms with Crippen LogP contribution in [-0.4, -0.2) is 49.4 Å². The van der Waals surface area contributed by atoms with E-state index in [1.807, 2.05) is 0 Å². The molecular weight excluding hydrogens is 350 g/mol. The number of ether oxygens (including phenoxy) is 1. The van der Waals surface area contributed by atoms with Crippen molar-refractivity contribution in [1.29, 1.82) is 0 Å². The molecule has 0 spiro atoms. The second kappa shape index (κ2) is 10.3. The predicted octanol–water partition coefficient (Wildman–Crippen LogP) is 0.254. The third-order valence-corrected chi connectivity index (χ3v) is 3.24. The summed E-state index contributed by atoms with van der Waals surface area (Å²) in [4.78, 5) is 46.4. The summed E-state index contributed by atoms with van der Waals surface area (Å²) in [5.41, 5.74) is 0.339. The molecule has 0 aromatic heterocycles. The highest BCUT2D eigenvalue weighted by Crippen LogP contribution is 2.09. The summed E-state index contributed by atoms with van der Waals surface area (Å²) >= 11 is 5.72. The third kappa shape index (κ3) is 7.67. The van der Waals surface area contributed by atoms with Gasteiger partial charge in [-0.25, -0.2) is 0 Å². The zero-order chi connectivity index (χ0) is 18.8. The van der Waals surface area contributed by atoms with Gasteiger partial charge < -0.3 is 20.7 Å². The second-order valence-electron chi connectivity index (χ2n) is 5.03.